The first-order valence-corrected chi connectivity index (χ1v) is 10.2. The van der Waals surface area contributed by atoms with E-state index in [9.17, 15) is 9.59 Å². The van der Waals surface area contributed by atoms with E-state index in [-0.39, 0.29) is 18.1 Å². The number of rotatable bonds is 6. The van der Waals surface area contributed by atoms with Gasteiger partial charge in [0.05, 0.1) is 10.1 Å². The Hall–Kier alpha value is -2.12. The zero-order chi connectivity index (χ0) is 18.5. The molecule has 0 bridgehead atoms. The molecule has 5 nitrogen and oxygen atoms in total. The van der Waals surface area contributed by atoms with Crippen molar-refractivity contribution in [2.24, 2.45) is 0 Å². The molecule has 1 fully saturated rings. The molecule has 0 saturated carbocycles. The van der Waals surface area contributed by atoms with Crippen LogP contribution in [0.4, 0.5) is 5.69 Å². The van der Waals surface area contributed by atoms with Gasteiger partial charge in [0.2, 0.25) is 0 Å². The van der Waals surface area contributed by atoms with Gasteiger partial charge in [0.15, 0.2) is 6.61 Å². The van der Waals surface area contributed by atoms with E-state index in [2.05, 4.69) is 5.32 Å². The zero-order valence-electron chi connectivity index (χ0n) is 14.2. The Morgan fingerprint density at radius 1 is 1.15 bits per heavy atom. The fourth-order valence-electron chi connectivity index (χ4n) is 2.54. The number of hydrogen-bond donors (Lipinski definition) is 2. The van der Waals surface area contributed by atoms with Crippen LogP contribution in [-0.4, -0.2) is 35.1 Å². The van der Waals surface area contributed by atoms with E-state index < -0.39 is 5.97 Å². The normalized spacial score (nSPS) is 14.2. The molecule has 0 spiro atoms. The Balaban J connectivity index is 1.53. The first kappa shape index (κ1) is 18.7. The van der Waals surface area contributed by atoms with Gasteiger partial charge in [-0.05, 0) is 48.4 Å². The van der Waals surface area contributed by atoms with Crippen molar-refractivity contribution in [3.63, 3.8) is 0 Å². The summed E-state index contributed by atoms with van der Waals surface area (Å²) in [7, 11) is 0. The molecular formula is C19H19NO4S2. The summed E-state index contributed by atoms with van der Waals surface area (Å²) in [6, 6.07) is 12.4. The summed E-state index contributed by atoms with van der Waals surface area (Å²) in [5, 5.41) is 11.7. The molecule has 1 heterocycles. The summed E-state index contributed by atoms with van der Waals surface area (Å²) in [6.07, 6.45) is 0. The number of anilines is 1. The highest BCUT2D eigenvalue weighted by Gasteiger charge is 2.18. The molecule has 2 aromatic carbocycles. The number of thioether (sulfide) groups is 2. The number of ether oxygens (including phenoxy) is 1. The Morgan fingerprint density at radius 2 is 1.85 bits per heavy atom. The quantitative estimate of drug-likeness (QED) is 0.772. The van der Waals surface area contributed by atoms with Gasteiger partial charge in [-0.2, -0.15) is 0 Å². The van der Waals surface area contributed by atoms with Crippen molar-refractivity contribution in [3.05, 3.63) is 59.2 Å². The molecule has 26 heavy (non-hydrogen) atoms. The van der Waals surface area contributed by atoms with Crippen LogP contribution >= 0.6 is 23.5 Å². The molecule has 0 radical (unpaired) electrons. The molecule has 7 heteroatoms. The van der Waals surface area contributed by atoms with E-state index >= 15 is 0 Å². The number of nitrogens with one attached hydrogen (secondary N) is 1. The monoisotopic (exact) mass is 389 g/mol. The first-order chi connectivity index (χ1) is 12.5. The van der Waals surface area contributed by atoms with Gasteiger partial charge < -0.3 is 15.2 Å². The molecular weight excluding hydrogens is 370 g/mol. The Kier molecular flexibility index (Phi) is 6.11. The zero-order valence-corrected chi connectivity index (χ0v) is 15.9. The maximum atomic E-state index is 12.1. The topological polar surface area (TPSA) is 75.6 Å². The molecule has 1 aliphatic rings. The lowest BCUT2D eigenvalue weighted by Crippen LogP contribution is -2.20. The predicted octanol–water partition coefficient (Wildman–Crippen LogP) is 4.19. The van der Waals surface area contributed by atoms with E-state index in [1.165, 1.54) is 29.2 Å². The number of aromatic carboxylic acids is 1. The average molecular weight is 389 g/mol. The third-order valence-corrected chi connectivity index (χ3v) is 7.00. The Bertz CT molecular complexity index is 802. The minimum Gasteiger partial charge on any atom is -0.484 e. The van der Waals surface area contributed by atoms with E-state index in [0.29, 0.717) is 21.6 Å². The van der Waals surface area contributed by atoms with Crippen LogP contribution in [0.25, 0.3) is 0 Å². The van der Waals surface area contributed by atoms with E-state index in [0.717, 1.165) is 0 Å². The largest absolute Gasteiger partial charge is 0.484 e. The molecule has 0 atom stereocenters. The fraction of sp³-hybridized carbons (Fsp3) is 0.263. The molecule has 136 valence electrons. The third kappa shape index (κ3) is 4.74. The highest BCUT2D eigenvalue weighted by molar-refractivity contribution is 8.19. The molecule has 1 aliphatic heterocycles. The smallest absolute Gasteiger partial charge is 0.335 e. The molecule has 1 amide bonds. The van der Waals surface area contributed by atoms with Crippen LogP contribution < -0.4 is 10.1 Å². The number of aryl methyl sites for hydroxylation is 1. The summed E-state index contributed by atoms with van der Waals surface area (Å²) >= 11 is 3.89. The van der Waals surface area contributed by atoms with Crippen LogP contribution in [0.1, 0.15) is 26.1 Å². The average Bonchev–Trinajstić information content (AvgIpc) is 3.16. The number of hydrogen-bond acceptors (Lipinski definition) is 5. The molecule has 0 aliphatic carbocycles. The standard InChI is InChI=1S/C19H19NO4S2/c1-12-10-14(18(22)23)4-7-16(12)20-17(21)11-24-15-5-2-13(3-6-15)19-25-8-9-26-19/h2-7,10,19H,8-9,11H2,1H3,(H,20,21)(H,22,23). The Morgan fingerprint density at radius 3 is 2.46 bits per heavy atom. The number of carboxylic acid groups (broad SMARTS) is 1. The van der Waals surface area contributed by atoms with Gasteiger partial charge in [0.1, 0.15) is 5.75 Å². The van der Waals surface area contributed by atoms with E-state index in [4.69, 9.17) is 9.84 Å². The van der Waals surface area contributed by atoms with Gasteiger partial charge in [-0.25, -0.2) is 4.79 Å². The molecule has 3 rings (SSSR count). The first-order valence-electron chi connectivity index (χ1n) is 8.13. The van der Waals surface area contributed by atoms with Crippen LogP contribution in [0, 0.1) is 6.92 Å². The number of benzene rings is 2. The van der Waals surface area contributed by atoms with Gasteiger partial charge in [0.25, 0.3) is 5.91 Å². The second-order valence-electron chi connectivity index (χ2n) is 5.81. The summed E-state index contributed by atoms with van der Waals surface area (Å²) in [6.45, 7) is 1.65. The van der Waals surface area contributed by atoms with Crippen LogP contribution in [0.5, 0.6) is 5.75 Å². The minimum absolute atomic E-state index is 0.105. The van der Waals surface area contributed by atoms with Crippen molar-refractivity contribution < 1.29 is 19.4 Å². The summed E-state index contributed by atoms with van der Waals surface area (Å²) in [5.74, 6) is 1.73. The van der Waals surface area contributed by atoms with Crippen LogP contribution in [0.15, 0.2) is 42.5 Å². The maximum absolute atomic E-state index is 12.1. The molecule has 2 aromatic rings. The van der Waals surface area contributed by atoms with Gasteiger partial charge in [-0.3, -0.25) is 4.79 Å². The lowest BCUT2D eigenvalue weighted by Gasteiger charge is -2.11. The third-order valence-electron chi connectivity index (χ3n) is 3.89. The second kappa shape index (κ2) is 8.51. The van der Waals surface area contributed by atoms with Gasteiger partial charge in [-0.1, -0.05) is 12.1 Å². The maximum Gasteiger partial charge on any atom is 0.335 e. The lowest BCUT2D eigenvalue weighted by atomic mass is 10.1. The van der Waals surface area contributed by atoms with Crippen molar-refractivity contribution in [3.8, 4) is 5.75 Å². The van der Waals surface area contributed by atoms with Crippen LogP contribution in [0.2, 0.25) is 0 Å². The molecule has 2 N–H and O–H groups in total. The Labute approximate surface area is 160 Å². The molecule has 0 aromatic heterocycles. The molecule has 0 unspecified atom stereocenters. The van der Waals surface area contributed by atoms with Crippen LogP contribution in [-0.2, 0) is 4.79 Å². The number of carboxylic acids is 1. The summed E-state index contributed by atoms with van der Waals surface area (Å²) in [5.41, 5.74) is 2.72. The SMILES string of the molecule is Cc1cc(C(=O)O)ccc1NC(=O)COc1ccc(C2SCCS2)cc1. The number of amides is 1. The van der Waals surface area contributed by atoms with Crippen molar-refractivity contribution in [2.75, 3.05) is 23.4 Å². The fourth-order valence-corrected chi connectivity index (χ4v) is 5.40. The van der Waals surface area contributed by atoms with Gasteiger partial charge in [0, 0.05) is 17.2 Å². The van der Waals surface area contributed by atoms with Gasteiger partial charge in [-0.15, -0.1) is 23.5 Å². The minimum atomic E-state index is -0.993. The van der Waals surface area contributed by atoms with Crippen molar-refractivity contribution >= 4 is 41.1 Å². The van der Waals surface area contributed by atoms with Crippen molar-refractivity contribution in [1.29, 1.82) is 0 Å². The summed E-state index contributed by atoms with van der Waals surface area (Å²) < 4.78 is 6.03. The lowest BCUT2D eigenvalue weighted by molar-refractivity contribution is -0.118. The summed E-state index contributed by atoms with van der Waals surface area (Å²) in [4.78, 5) is 23.0. The van der Waals surface area contributed by atoms with E-state index in [1.54, 1.807) is 13.0 Å². The highest BCUT2D eigenvalue weighted by Crippen LogP contribution is 2.45. The van der Waals surface area contributed by atoms with E-state index in [1.807, 2.05) is 47.8 Å². The van der Waals surface area contributed by atoms with Gasteiger partial charge >= 0.3 is 5.97 Å². The number of carbonyl (C=O) groups excluding carboxylic acids is 1. The highest BCUT2D eigenvalue weighted by atomic mass is 32.2. The number of carbonyl (C=O) groups is 2. The molecule has 1 saturated heterocycles. The second-order valence-corrected chi connectivity index (χ2v) is 8.54. The van der Waals surface area contributed by atoms with Crippen LogP contribution in [0.3, 0.4) is 0 Å². The van der Waals surface area contributed by atoms with Crippen molar-refractivity contribution in [1.82, 2.24) is 0 Å². The predicted molar refractivity (Wildman–Crippen MR) is 106 cm³/mol. The van der Waals surface area contributed by atoms with Crippen molar-refractivity contribution in [2.45, 2.75) is 11.5 Å².